The molecule has 0 unspecified atom stereocenters. The zero-order valence-electron chi connectivity index (χ0n) is 11.6. The van der Waals surface area contributed by atoms with E-state index < -0.39 is 38.9 Å². The third-order valence-electron chi connectivity index (χ3n) is 1.59. The van der Waals surface area contributed by atoms with E-state index in [1.54, 1.807) is 6.92 Å². The van der Waals surface area contributed by atoms with Crippen molar-refractivity contribution in [3.05, 3.63) is 12.2 Å². The van der Waals surface area contributed by atoms with Gasteiger partial charge in [0.05, 0.1) is 0 Å². The molecule has 0 aliphatic rings. The summed E-state index contributed by atoms with van der Waals surface area (Å²) in [5, 5.41) is 0. The Labute approximate surface area is 117 Å². The molecule has 112 valence electrons. The molecule has 20 heavy (non-hydrogen) atoms. The minimum atomic E-state index is -4.10. The van der Waals surface area contributed by atoms with Crippen molar-refractivity contribution in [2.75, 3.05) is 6.23 Å². The van der Waals surface area contributed by atoms with Crippen LogP contribution in [0.25, 0.3) is 0 Å². The van der Waals surface area contributed by atoms with Crippen molar-refractivity contribution in [1.82, 2.24) is 0 Å². The smallest absolute Gasteiger partial charge is 0.454 e. The van der Waals surface area contributed by atoms with E-state index in [-0.39, 0.29) is 0 Å². The van der Waals surface area contributed by atoms with Crippen molar-refractivity contribution in [2.24, 2.45) is 0 Å². The molecule has 9 heteroatoms. The summed E-state index contributed by atoms with van der Waals surface area (Å²) in [6, 6.07) is 0. The largest absolute Gasteiger partial charge is 0.745 e. The molecule has 0 atom stereocenters. The lowest BCUT2D eigenvalue weighted by Crippen LogP contribution is -2.54. The van der Waals surface area contributed by atoms with Crippen LogP contribution in [0.4, 0.5) is 0 Å². The minimum absolute atomic E-state index is 0.644. The van der Waals surface area contributed by atoms with Gasteiger partial charge in [-0.3, -0.25) is 14.4 Å². The summed E-state index contributed by atoms with van der Waals surface area (Å²) in [5.41, 5.74) is 0. The van der Waals surface area contributed by atoms with Gasteiger partial charge in [-0.2, -0.15) is 0 Å². The van der Waals surface area contributed by atoms with Crippen molar-refractivity contribution in [3.63, 3.8) is 0 Å². The molecule has 0 spiro atoms. The Morgan fingerprint density at radius 2 is 1.30 bits per heavy atom. The molecule has 0 aliphatic carbocycles. The Balaban J connectivity index is 5.13. The van der Waals surface area contributed by atoms with E-state index in [1.165, 1.54) is 6.08 Å². The van der Waals surface area contributed by atoms with Gasteiger partial charge in [-0.25, -0.2) is 4.79 Å². The molecule has 0 N–H and O–H groups in total. The van der Waals surface area contributed by atoms with Crippen LogP contribution < -0.4 is 0 Å². The monoisotopic (exact) mass is 304 g/mol. The van der Waals surface area contributed by atoms with Crippen LogP contribution in [0.5, 0.6) is 0 Å². The van der Waals surface area contributed by atoms with Gasteiger partial charge >= 0.3 is 14.8 Å². The van der Waals surface area contributed by atoms with Gasteiger partial charge in [0.1, 0.15) is 0 Å². The quantitative estimate of drug-likeness (QED) is 0.391. The fraction of sp³-hybridized carbons (Fsp3) is 0.455. The zero-order chi connectivity index (χ0) is 15.8. The third-order valence-corrected chi connectivity index (χ3v) is 3.88. The van der Waals surface area contributed by atoms with Crippen molar-refractivity contribution >= 4 is 32.7 Å². The molecule has 0 radical (unpaired) electrons. The van der Waals surface area contributed by atoms with Crippen LogP contribution in [-0.4, -0.2) is 38.9 Å². The van der Waals surface area contributed by atoms with Crippen LogP contribution in [0.2, 0.25) is 0 Å². The normalized spacial score (nSPS) is 10.8. The highest BCUT2D eigenvalue weighted by molar-refractivity contribution is 6.65. The highest BCUT2D eigenvalue weighted by Gasteiger charge is 2.54. The van der Waals surface area contributed by atoms with Crippen LogP contribution in [0, 0.1) is 0 Å². The van der Waals surface area contributed by atoms with E-state index in [4.69, 9.17) is 18.0 Å². The van der Waals surface area contributed by atoms with Crippen molar-refractivity contribution in [1.29, 1.82) is 0 Å². The lowest BCUT2D eigenvalue weighted by atomic mass is 10.5. The summed E-state index contributed by atoms with van der Waals surface area (Å²) >= 11 is 0. The lowest BCUT2D eigenvalue weighted by Gasteiger charge is -2.25. The number of hydrogen-bond donors (Lipinski definition) is 0. The topological polar surface area (TPSA) is 105 Å². The number of rotatable bonds is 6. The first-order chi connectivity index (χ1) is 9.20. The SMILES string of the molecule is CC=CC(=O)OC[Si](OC(C)=O)(OC(C)=O)OC(C)=O. The number of ether oxygens (including phenoxy) is 1. The van der Waals surface area contributed by atoms with Crippen molar-refractivity contribution < 1.29 is 37.2 Å². The summed E-state index contributed by atoms with van der Waals surface area (Å²) in [6.45, 7) is 4.73. The van der Waals surface area contributed by atoms with Crippen molar-refractivity contribution in [2.45, 2.75) is 27.7 Å². The van der Waals surface area contributed by atoms with E-state index >= 15 is 0 Å². The van der Waals surface area contributed by atoms with Crippen LogP contribution in [0.15, 0.2) is 12.2 Å². The highest BCUT2D eigenvalue weighted by atomic mass is 28.4. The fourth-order valence-electron chi connectivity index (χ4n) is 1.15. The molecule has 0 fully saturated rings. The predicted molar refractivity (Wildman–Crippen MR) is 66.8 cm³/mol. The molecule has 0 saturated heterocycles. The lowest BCUT2D eigenvalue weighted by molar-refractivity contribution is -0.152. The number of carbonyl (C=O) groups is 4. The van der Waals surface area contributed by atoms with E-state index in [0.717, 1.165) is 26.8 Å². The molecule has 0 aromatic rings. The predicted octanol–water partition coefficient (Wildman–Crippen LogP) is 0.273. The first-order valence-corrected chi connectivity index (χ1v) is 7.52. The molecule has 0 rings (SSSR count). The second-order valence-corrected chi connectivity index (χ2v) is 5.84. The minimum Gasteiger partial charge on any atom is -0.454 e. The molecular formula is C11H16O8Si. The molecule has 0 saturated carbocycles. The first kappa shape index (κ1) is 17.8. The number of allylic oxidation sites excluding steroid dienone is 1. The number of carbonyl (C=O) groups excluding carboxylic acids is 4. The third kappa shape index (κ3) is 7.31. The molecule has 0 heterocycles. The standard InChI is InChI=1S/C11H16O8Si/c1-5-6-11(15)16-7-20(17-8(2)12,18-9(3)13)19-10(4)14/h5-6H,7H2,1-4H3. The van der Waals surface area contributed by atoms with Gasteiger partial charge in [0.2, 0.25) is 0 Å². The summed E-state index contributed by atoms with van der Waals surface area (Å²) < 4.78 is 19.2. The van der Waals surface area contributed by atoms with E-state index in [1.807, 2.05) is 0 Å². The molecule has 0 amide bonds. The van der Waals surface area contributed by atoms with Gasteiger partial charge in [0, 0.05) is 26.8 Å². The number of hydrogen-bond acceptors (Lipinski definition) is 8. The molecule has 0 aromatic carbocycles. The summed E-state index contributed by atoms with van der Waals surface area (Å²) in [6.07, 6.45) is 1.89. The Kier molecular flexibility index (Phi) is 7.22. The molecule has 0 bridgehead atoms. The van der Waals surface area contributed by atoms with Crippen molar-refractivity contribution in [3.8, 4) is 0 Å². The average molecular weight is 304 g/mol. The van der Waals surface area contributed by atoms with Crippen LogP contribution in [-0.2, 0) is 37.2 Å². The maximum Gasteiger partial charge on any atom is 0.745 e. The van der Waals surface area contributed by atoms with Gasteiger partial charge in [-0.05, 0) is 6.92 Å². The molecule has 0 aromatic heterocycles. The second kappa shape index (κ2) is 8.10. The zero-order valence-corrected chi connectivity index (χ0v) is 12.6. The summed E-state index contributed by atoms with van der Waals surface area (Å²) in [5.74, 6) is -3.25. The van der Waals surface area contributed by atoms with Crippen LogP contribution in [0.3, 0.4) is 0 Å². The van der Waals surface area contributed by atoms with E-state index in [2.05, 4.69) is 0 Å². The fourth-order valence-corrected chi connectivity index (χ4v) is 3.09. The van der Waals surface area contributed by atoms with Crippen LogP contribution in [0.1, 0.15) is 27.7 Å². The maximum atomic E-state index is 11.2. The molecule has 0 aliphatic heterocycles. The first-order valence-electron chi connectivity index (χ1n) is 5.59. The van der Waals surface area contributed by atoms with Crippen LogP contribution >= 0.6 is 0 Å². The number of esters is 1. The van der Waals surface area contributed by atoms with E-state index in [9.17, 15) is 19.2 Å². The Morgan fingerprint density at radius 1 is 0.900 bits per heavy atom. The highest BCUT2D eigenvalue weighted by Crippen LogP contribution is 2.12. The molecular weight excluding hydrogens is 288 g/mol. The molecule has 8 nitrogen and oxygen atoms in total. The Hall–Kier alpha value is -2.16. The van der Waals surface area contributed by atoms with Gasteiger partial charge in [-0.15, -0.1) is 0 Å². The van der Waals surface area contributed by atoms with Gasteiger partial charge in [-0.1, -0.05) is 6.08 Å². The van der Waals surface area contributed by atoms with Gasteiger partial charge in [0.25, 0.3) is 17.9 Å². The second-order valence-electron chi connectivity index (χ2n) is 3.57. The summed E-state index contributed by atoms with van der Waals surface area (Å²) in [4.78, 5) is 44.4. The Morgan fingerprint density at radius 3 is 1.60 bits per heavy atom. The van der Waals surface area contributed by atoms with E-state index in [0.29, 0.717) is 0 Å². The van der Waals surface area contributed by atoms with Gasteiger partial charge < -0.3 is 18.0 Å². The van der Waals surface area contributed by atoms with Gasteiger partial charge in [0.15, 0.2) is 6.23 Å². The average Bonchev–Trinajstić information content (AvgIpc) is 2.23. The summed E-state index contributed by atoms with van der Waals surface area (Å²) in [7, 11) is -4.10. The maximum absolute atomic E-state index is 11.2. The Bertz CT molecular complexity index is 387.